The van der Waals surface area contributed by atoms with Crippen molar-refractivity contribution in [2.75, 3.05) is 0 Å². The molecule has 0 unspecified atom stereocenters. The van der Waals surface area contributed by atoms with E-state index in [2.05, 4.69) is 10.2 Å². The minimum absolute atomic E-state index is 0.0278. The molecule has 0 heterocycles. The van der Waals surface area contributed by atoms with Crippen LogP contribution in [0.25, 0.3) is 0 Å². The van der Waals surface area contributed by atoms with E-state index in [-0.39, 0.29) is 13.2 Å². The van der Waals surface area contributed by atoms with E-state index in [4.69, 9.17) is 10.2 Å². The van der Waals surface area contributed by atoms with E-state index in [1.54, 1.807) is 24.3 Å². The molecule has 4 nitrogen and oxygen atoms in total. The number of benzene rings is 2. The third-order valence-electron chi connectivity index (χ3n) is 2.52. The highest BCUT2D eigenvalue weighted by molar-refractivity contribution is 5.41. The summed E-state index contributed by atoms with van der Waals surface area (Å²) in [6, 6.07) is 14.4. The van der Waals surface area contributed by atoms with Gasteiger partial charge in [-0.3, -0.25) is 0 Å². The maximum absolute atomic E-state index is 8.91. The quantitative estimate of drug-likeness (QED) is 0.809. The lowest BCUT2D eigenvalue weighted by molar-refractivity contribution is 0.281. The van der Waals surface area contributed by atoms with E-state index in [1.165, 1.54) is 0 Å². The molecule has 92 valence electrons. The molecule has 0 fully saturated rings. The second-order valence-electron chi connectivity index (χ2n) is 3.85. The molecule has 18 heavy (non-hydrogen) atoms. The lowest BCUT2D eigenvalue weighted by Gasteiger charge is -1.97. The van der Waals surface area contributed by atoms with Crippen LogP contribution in [0.3, 0.4) is 0 Å². The molecule has 0 aliphatic rings. The van der Waals surface area contributed by atoms with Crippen LogP contribution in [0, 0.1) is 0 Å². The molecule has 0 aromatic heterocycles. The molecule has 0 bridgehead atoms. The second kappa shape index (κ2) is 6.05. The average Bonchev–Trinajstić information content (AvgIpc) is 2.46. The molecule has 0 aliphatic carbocycles. The lowest BCUT2D eigenvalue weighted by Crippen LogP contribution is -1.80. The van der Waals surface area contributed by atoms with Gasteiger partial charge < -0.3 is 10.2 Å². The molecule has 2 N–H and O–H groups in total. The number of aliphatic hydroxyl groups is 2. The summed E-state index contributed by atoms with van der Waals surface area (Å²) in [5.41, 5.74) is 3.17. The van der Waals surface area contributed by atoms with E-state index in [9.17, 15) is 0 Å². The van der Waals surface area contributed by atoms with Crippen LogP contribution in [-0.4, -0.2) is 10.2 Å². The van der Waals surface area contributed by atoms with E-state index in [1.807, 2.05) is 24.3 Å². The molecular weight excluding hydrogens is 228 g/mol. The summed E-state index contributed by atoms with van der Waals surface area (Å²) in [5.74, 6) is 0. The zero-order valence-electron chi connectivity index (χ0n) is 9.82. The van der Waals surface area contributed by atoms with Gasteiger partial charge in [0.2, 0.25) is 0 Å². The largest absolute Gasteiger partial charge is 0.392 e. The summed E-state index contributed by atoms with van der Waals surface area (Å²) in [7, 11) is 0. The van der Waals surface area contributed by atoms with Crippen LogP contribution in [-0.2, 0) is 13.2 Å². The minimum atomic E-state index is 0.0278. The number of rotatable bonds is 4. The van der Waals surface area contributed by atoms with E-state index < -0.39 is 0 Å². The van der Waals surface area contributed by atoms with E-state index in [0.29, 0.717) is 0 Å². The van der Waals surface area contributed by atoms with Crippen molar-refractivity contribution in [1.29, 1.82) is 0 Å². The zero-order chi connectivity index (χ0) is 12.8. The maximum Gasteiger partial charge on any atom is 0.0857 e. The molecule has 0 spiro atoms. The molecule has 0 saturated carbocycles. The van der Waals surface area contributed by atoms with Crippen LogP contribution >= 0.6 is 0 Å². The molecule has 0 atom stereocenters. The predicted molar refractivity (Wildman–Crippen MR) is 68.9 cm³/mol. The van der Waals surface area contributed by atoms with Gasteiger partial charge in [0.15, 0.2) is 0 Å². The fourth-order valence-corrected chi connectivity index (χ4v) is 1.45. The van der Waals surface area contributed by atoms with E-state index in [0.717, 1.165) is 22.5 Å². The van der Waals surface area contributed by atoms with Crippen molar-refractivity contribution in [2.45, 2.75) is 13.2 Å². The minimum Gasteiger partial charge on any atom is -0.392 e. The van der Waals surface area contributed by atoms with Gasteiger partial charge in [0, 0.05) is 0 Å². The SMILES string of the molecule is OCc1ccc(/N=N/c2ccc(CO)cc2)cc1. The monoisotopic (exact) mass is 242 g/mol. The van der Waals surface area contributed by atoms with Crippen molar-refractivity contribution in [1.82, 2.24) is 0 Å². The van der Waals surface area contributed by atoms with Gasteiger partial charge >= 0.3 is 0 Å². The predicted octanol–water partition coefficient (Wildman–Crippen LogP) is 3.09. The second-order valence-corrected chi connectivity index (χ2v) is 3.85. The molecule has 0 saturated heterocycles. The Hall–Kier alpha value is -2.04. The summed E-state index contributed by atoms with van der Waals surface area (Å²) < 4.78 is 0. The van der Waals surface area contributed by atoms with Crippen molar-refractivity contribution in [3.63, 3.8) is 0 Å². The van der Waals surface area contributed by atoms with Gasteiger partial charge in [-0.25, -0.2) is 0 Å². The first-order valence-corrected chi connectivity index (χ1v) is 5.63. The molecule has 2 rings (SSSR count). The molecule has 2 aromatic carbocycles. The number of nitrogens with zero attached hydrogens (tertiary/aromatic N) is 2. The highest BCUT2D eigenvalue weighted by atomic mass is 16.3. The van der Waals surface area contributed by atoms with Crippen LogP contribution in [0.15, 0.2) is 58.8 Å². The number of hydrogen-bond acceptors (Lipinski definition) is 4. The molecule has 0 amide bonds. The van der Waals surface area contributed by atoms with Gasteiger partial charge in [-0.15, -0.1) is 0 Å². The molecule has 2 aromatic rings. The van der Waals surface area contributed by atoms with Crippen LogP contribution in [0.1, 0.15) is 11.1 Å². The zero-order valence-corrected chi connectivity index (χ0v) is 9.82. The van der Waals surface area contributed by atoms with E-state index >= 15 is 0 Å². The van der Waals surface area contributed by atoms with Gasteiger partial charge in [-0.1, -0.05) is 24.3 Å². The summed E-state index contributed by atoms with van der Waals surface area (Å²) in [5, 5.41) is 26.0. The summed E-state index contributed by atoms with van der Waals surface area (Å²) in [6.07, 6.45) is 0. The van der Waals surface area contributed by atoms with Crippen LogP contribution in [0.2, 0.25) is 0 Å². The first-order chi connectivity index (χ1) is 8.81. The highest BCUT2D eigenvalue weighted by Gasteiger charge is 1.93. The van der Waals surface area contributed by atoms with Crippen molar-refractivity contribution in [2.24, 2.45) is 10.2 Å². The Morgan fingerprint density at radius 2 is 0.944 bits per heavy atom. The smallest absolute Gasteiger partial charge is 0.0857 e. The molecule has 0 radical (unpaired) electrons. The van der Waals surface area contributed by atoms with Gasteiger partial charge in [0.05, 0.1) is 24.6 Å². The van der Waals surface area contributed by atoms with Gasteiger partial charge in [0.1, 0.15) is 0 Å². The Morgan fingerprint density at radius 3 is 1.22 bits per heavy atom. The van der Waals surface area contributed by atoms with Crippen LogP contribution in [0.5, 0.6) is 0 Å². The topological polar surface area (TPSA) is 65.2 Å². The summed E-state index contributed by atoms with van der Waals surface area (Å²) in [6.45, 7) is 0.0556. The first kappa shape index (κ1) is 12.4. The third kappa shape index (κ3) is 3.23. The van der Waals surface area contributed by atoms with Crippen molar-refractivity contribution in [3.05, 3.63) is 59.7 Å². The van der Waals surface area contributed by atoms with Gasteiger partial charge in [-0.2, -0.15) is 10.2 Å². The fraction of sp³-hybridized carbons (Fsp3) is 0.143. The first-order valence-electron chi connectivity index (χ1n) is 5.63. The highest BCUT2D eigenvalue weighted by Crippen LogP contribution is 2.19. The Kier molecular flexibility index (Phi) is 4.17. The van der Waals surface area contributed by atoms with Crippen molar-refractivity contribution < 1.29 is 10.2 Å². The van der Waals surface area contributed by atoms with Crippen molar-refractivity contribution >= 4 is 11.4 Å². The Morgan fingerprint density at radius 1 is 0.611 bits per heavy atom. The van der Waals surface area contributed by atoms with Gasteiger partial charge in [0.25, 0.3) is 0 Å². The summed E-state index contributed by atoms with van der Waals surface area (Å²) >= 11 is 0. The van der Waals surface area contributed by atoms with Crippen LogP contribution in [0.4, 0.5) is 11.4 Å². The number of aliphatic hydroxyl groups excluding tert-OH is 2. The maximum atomic E-state index is 8.91. The third-order valence-corrected chi connectivity index (χ3v) is 2.52. The number of hydrogen-bond donors (Lipinski definition) is 2. The van der Waals surface area contributed by atoms with Crippen molar-refractivity contribution in [3.8, 4) is 0 Å². The van der Waals surface area contributed by atoms with Crippen LogP contribution < -0.4 is 0 Å². The molecule has 4 heteroatoms. The molecular formula is C14H14N2O2. The Labute approximate surface area is 105 Å². The molecule has 0 aliphatic heterocycles. The Balaban J connectivity index is 2.08. The lowest BCUT2D eigenvalue weighted by atomic mass is 10.2. The summed E-state index contributed by atoms with van der Waals surface area (Å²) in [4.78, 5) is 0. The number of azo groups is 1. The Bertz CT molecular complexity index is 469. The normalized spacial score (nSPS) is 11.0. The van der Waals surface area contributed by atoms with Gasteiger partial charge in [-0.05, 0) is 35.4 Å². The standard InChI is InChI=1S/C14H14N2O2/c17-9-11-1-5-13(6-2-11)15-16-14-7-3-12(10-18)4-8-14/h1-8,17-18H,9-10H2/b16-15+. The fourth-order valence-electron chi connectivity index (χ4n) is 1.45. The average molecular weight is 242 g/mol.